The van der Waals surface area contributed by atoms with Gasteiger partial charge in [0.1, 0.15) is 0 Å². The minimum atomic E-state index is 0.747. The Hall–Kier alpha value is -0.0800. The third-order valence-corrected chi connectivity index (χ3v) is 6.21. The van der Waals surface area contributed by atoms with Crippen molar-refractivity contribution in [1.29, 1.82) is 0 Å². The Morgan fingerprint density at radius 2 is 1.81 bits per heavy atom. The smallest absolute Gasteiger partial charge is 0.0249 e. The molecule has 2 heteroatoms. The molecule has 0 bridgehead atoms. The Labute approximate surface area is 133 Å². The quantitative estimate of drug-likeness (QED) is 0.779. The molecule has 4 unspecified atom stereocenters. The van der Waals surface area contributed by atoms with E-state index in [2.05, 4.69) is 37.9 Å². The summed E-state index contributed by atoms with van der Waals surface area (Å²) >= 11 is 0. The molecular formula is C19H38N2. The van der Waals surface area contributed by atoms with Crippen LogP contribution in [-0.2, 0) is 0 Å². The van der Waals surface area contributed by atoms with Crippen molar-refractivity contribution >= 4 is 0 Å². The lowest BCUT2D eigenvalue weighted by molar-refractivity contribution is 0.0344. The van der Waals surface area contributed by atoms with Crippen LogP contribution in [0, 0.1) is 11.8 Å². The van der Waals surface area contributed by atoms with E-state index < -0.39 is 0 Å². The van der Waals surface area contributed by atoms with Gasteiger partial charge >= 0.3 is 0 Å². The third kappa shape index (κ3) is 4.45. The summed E-state index contributed by atoms with van der Waals surface area (Å²) in [7, 11) is 0. The second-order valence-electron chi connectivity index (χ2n) is 7.70. The summed E-state index contributed by atoms with van der Waals surface area (Å²) in [6, 6.07) is 2.25. The monoisotopic (exact) mass is 294 g/mol. The number of hydrogen-bond donors (Lipinski definition) is 1. The molecule has 4 atom stereocenters. The lowest BCUT2D eigenvalue weighted by Crippen LogP contribution is -2.62. The summed E-state index contributed by atoms with van der Waals surface area (Å²) < 4.78 is 0. The van der Waals surface area contributed by atoms with E-state index in [1.807, 2.05) is 0 Å². The molecule has 1 saturated heterocycles. The molecule has 124 valence electrons. The fraction of sp³-hybridized carbons (Fsp3) is 1.00. The predicted molar refractivity (Wildman–Crippen MR) is 92.7 cm³/mol. The number of nitrogens with zero attached hydrogens (tertiary/aromatic N) is 1. The van der Waals surface area contributed by atoms with Crippen molar-refractivity contribution in [3.05, 3.63) is 0 Å². The van der Waals surface area contributed by atoms with Crippen LogP contribution in [0.2, 0.25) is 0 Å². The van der Waals surface area contributed by atoms with E-state index in [1.54, 1.807) is 0 Å². The van der Waals surface area contributed by atoms with Crippen LogP contribution in [0.15, 0.2) is 0 Å². The average molecular weight is 295 g/mol. The van der Waals surface area contributed by atoms with Crippen molar-refractivity contribution in [2.45, 2.75) is 97.2 Å². The van der Waals surface area contributed by atoms with Gasteiger partial charge < -0.3 is 5.32 Å². The highest BCUT2D eigenvalue weighted by Crippen LogP contribution is 2.31. The second kappa shape index (κ2) is 8.53. The van der Waals surface area contributed by atoms with Crippen molar-refractivity contribution in [2.75, 3.05) is 13.1 Å². The van der Waals surface area contributed by atoms with Gasteiger partial charge in [-0.1, -0.05) is 52.9 Å². The zero-order valence-electron chi connectivity index (χ0n) is 14.9. The molecule has 0 radical (unpaired) electrons. The van der Waals surface area contributed by atoms with E-state index in [0.717, 1.165) is 30.0 Å². The summed E-state index contributed by atoms with van der Waals surface area (Å²) in [6.07, 6.45) is 11.3. The first-order chi connectivity index (χ1) is 10.2. The molecule has 21 heavy (non-hydrogen) atoms. The van der Waals surface area contributed by atoms with Crippen LogP contribution in [0.3, 0.4) is 0 Å². The molecule has 2 aliphatic rings. The largest absolute Gasteiger partial charge is 0.311 e. The van der Waals surface area contributed by atoms with E-state index in [-0.39, 0.29) is 0 Å². The summed E-state index contributed by atoms with van der Waals surface area (Å²) in [6.45, 7) is 12.1. The molecule has 2 fully saturated rings. The number of nitrogens with one attached hydrogen (secondary N) is 1. The molecule has 1 aliphatic carbocycles. The van der Waals surface area contributed by atoms with Crippen LogP contribution in [0.25, 0.3) is 0 Å². The average Bonchev–Trinajstić information content (AvgIpc) is 2.54. The Kier molecular flexibility index (Phi) is 7.01. The van der Waals surface area contributed by atoms with E-state index >= 15 is 0 Å². The number of rotatable bonds is 6. The van der Waals surface area contributed by atoms with Crippen LogP contribution in [0.5, 0.6) is 0 Å². The van der Waals surface area contributed by atoms with Crippen molar-refractivity contribution < 1.29 is 0 Å². The fourth-order valence-electron chi connectivity index (χ4n) is 4.56. The molecule has 0 aromatic heterocycles. The molecule has 0 amide bonds. The minimum absolute atomic E-state index is 0.747. The zero-order chi connectivity index (χ0) is 15.2. The highest BCUT2D eigenvalue weighted by Gasteiger charge is 2.36. The molecule has 0 spiro atoms. The normalized spacial score (nSPS) is 32.0. The first-order valence-electron chi connectivity index (χ1n) is 9.66. The van der Waals surface area contributed by atoms with E-state index in [0.29, 0.717) is 0 Å². The van der Waals surface area contributed by atoms with Gasteiger partial charge in [-0.05, 0) is 38.0 Å². The number of piperazine rings is 1. The van der Waals surface area contributed by atoms with Crippen LogP contribution in [0.4, 0.5) is 0 Å². The Balaban J connectivity index is 2.00. The highest BCUT2D eigenvalue weighted by atomic mass is 15.3. The van der Waals surface area contributed by atoms with Crippen molar-refractivity contribution in [2.24, 2.45) is 11.8 Å². The van der Waals surface area contributed by atoms with Gasteiger partial charge in [-0.15, -0.1) is 0 Å². The molecule has 1 saturated carbocycles. The summed E-state index contributed by atoms with van der Waals surface area (Å²) in [5.74, 6) is 1.75. The van der Waals surface area contributed by atoms with Crippen LogP contribution >= 0.6 is 0 Å². The molecule has 1 aliphatic heterocycles. The van der Waals surface area contributed by atoms with E-state index in [9.17, 15) is 0 Å². The molecule has 0 aromatic rings. The molecule has 0 aromatic carbocycles. The van der Waals surface area contributed by atoms with Gasteiger partial charge in [-0.2, -0.15) is 0 Å². The summed E-state index contributed by atoms with van der Waals surface area (Å²) in [4.78, 5) is 2.87. The Morgan fingerprint density at radius 1 is 1.10 bits per heavy atom. The first kappa shape index (κ1) is 17.3. The third-order valence-electron chi connectivity index (χ3n) is 6.21. The molecule has 1 N–H and O–H groups in total. The van der Waals surface area contributed by atoms with Crippen LogP contribution < -0.4 is 5.32 Å². The van der Waals surface area contributed by atoms with Crippen molar-refractivity contribution in [1.82, 2.24) is 10.2 Å². The van der Waals surface area contributed by atoms with Crippen molar-refractivity contribution in [3.8, 4) is 0 Å². The first-order valence-corrected chi connectivity index (χ1v) is 9.66. The van der Waals surface area contributed by atoms with E-state index in [4.69, 9.17) is 0 Å². The maximum absolute atomic E-state index is 3.94. The standard InChI is InChI=1S/C19H38N2/c1-5-10-16(4)21-14-18(17-11-8-7-9-12-17)20-13-19(21)15(3)6-2/h15-20H,5-14H2,1-4H3. The van der Waals surface area contributed by atoms with Crippen LogP contribution in [0.1, 0.15) is 79.1 Å². The summed E-state index contributed by atoms with van der Waals surface area (Å²) in [5, 5.41) is 3.94. The molecule has 1 heterocycles. The summed E-state index contributed by atoms with van der Waals surface area (Å²) in [5.41, 5.74) is 0. The fourth-order valence-corrected chi connectivity index (χ4v) is 4.56. The Morgan fingerprint density at radius 3 is 2.43 bits per heavy atom. The second-order valence-corrected chi connectivity index (χ2v) is 7.70. The lowest BCUT2D eigenvalue weighted by Gasteiger charge is -2.48. The van der Waals surface area contributed by atoms with E-state index in [1.165, 1.54) is 64.5 Å². The van der Waals surface area contributed by atoms with Gasteiger partial charge in [0.2, 0.25) is 0 Å². The minimum Gasteiger partial charge on any atom is -0.311 e. The van der Waals surface area contributed by atoms with Gasteiger partial charge in [0.25, 0.3) is 0 Å². The van der Waals surface area contributed by atoms with Gasteiger partial charge in [0.15, 0.2) is 0 Å². The molecule has 2 rings (SSSR count). The van der Waals surface area contributed by atoms with Gasteiger partial charge in [-0.3, -0.25) is 4.90 Å². The van der Waals surface area contributed by atoms with Gasteiger partial charge in [0, 0.05) is 31.2 Å². The zero-order valence-corrected chi connectivity index (χ0v) is 14.9. The molecule has 2 nitrogen and oxygen atoms in total. The SMILES string of the molecule is CCCC(C)N1CC(C2CCCCC2)NCC1C(C)CC. The van der Waals surface area contributed by atoms with Crippen molar-refractivity contribution in [3.63, 3.8) is 0 Å². The topological polar surface area (TPSA) is 15.3 Å². The lowest BCUT2D eigenvalue weighted by atomic mass is 9.81. The number of hydrogen-bond acceptors (Lipinski definition) is 2. The maximum atomic E-state index is 3.94. The van der Waals surface area contributed by atoms with Crippen LogP contribution in [-0.4, -0.2) is 36.1 Å². The van der Waals surface area contributed by atoms with Gasteiger partial charge in [0.05, 0.1) is 0 Å². The molecular weight excluding hydrogens is 256 g/mol. The van der Waals surface area contributed by atoms with Gasteiger partial charge in [-0.25, -0.2) is 0 Å². The maximum Gasteiger partial charge on any atom is 0.0249 e. The highest BCUT2D eigenvalue weighted by molar-refractivity contribution is 4.93. The predicted octanol–water partition coefficient (Wildman–Crippen LogP) is 4.44. The Bertz CT molecular complexity index is 285.